The van der Waals surface area contributed by atoms with Gasteiger partial charge in [0.15, 0.2) is 0 Å². The minimum atomic E-state index is 0.249. The van der Waals surface area contributed by atoms with Gasteiger partial charge in [-0.1, -0.05) is 29.8 Å². The second-order valence-electron chi connectivity index (χ2n) is 5.94. The van der Waals surface area contributed by atoms with Crippen molar-refractivity contribution in [1.82, 2.24) is 15.3 Å². The molecule has 118 valence electrons. The lowest BCUT2D eigenvalue weighted by molar-refractivity contribution is 0.158. The van der Waals surface area contributed by atoms with Crippen molar-refractivity contribution in [3.63, 3.8) is 0 Å². The van der Waals surface area contributed by atoms with Crippen LogP contribution >= 0.6 is 11.3 Å². The number of ether oxygens (including phenoxy) is 1. The number of piperidine rings is 1. The van der Waals surface area contributed by atoms with Gasteiger partial charge in [0.05, 0.1) is 5.52 Å². The van der Waals surface area contributed by atoms with Gasteiger partial charge in [0.25, 0.3) is 0 Å². The number of fused-ring (bicyclic) bond motifs is 1. The normalized spacial score (nSPS) is 15.9. The Bertz CT molecular complexity index is 807. The van der Waals surface area contributed by atoms with Crippen molar-refractivity contribution < 1.29 is 4.74 Å². The first-order valence-electron chi connectivity index (χ1n) is 7.98. The monoisotopic (exact) mass is 325 g/mol. The van der Waals surface area contributed by atoms with Gasteiger partial charge < -0.3 is 10.1 Å². The summed E-state index contributed by atoms with van der Waals surface area (Å²) in [7, 11) is 0. The molecule has 3 heterocycles. The average molecular weight is 325 g/mol. The highest BCUT2D eigenvalue weighted by atomic mass is 32.1. The Balaban J connectivity index is 1.69. The van der Waals surface area contributed by atoms with E-state index >= 15 is 0 Å². The Kier molecular flexibility index (Phi) is 3.97. The molecule has 1 aliphatic rings. The van der Waals surface area contributed by atoms with Crippen LogP contribution in [0.5, 0.6) is 5.88 Å². The maximum Gasteiger partial charge on any atom is 0.235 e. The Hall–Kier alpha value is -1.98. The van der Waals surface area contributed by atoms with Crippen molar-refractivity contribution in [2.24, 2.45) is 0 Å². The lowest BCUT2D eigenvalue weighted by atomic mass is 10.1. The quantitative estimate of drug-likeness (QED) is 0.796. The zero-order chi connectivity index (χ0) is 15.6. The van der Waals surface area contributed by atoms with Crippen molar-refractivity contribution in [3.05, 3.63) is 41.5 Å². The van der Waals surface area contributed by atoms with Gasteiger partial charge in [0, 0.05) is 10.9 Å². The van der Waals surface area contributed by atoms with Crippen LogP contribution in [0.3, 0.4) is 0 Å². The minimum absolute atomic E-state index is 0.249. The molecule has 4 nitrogen and oxygen atoms in total. The highest BCUT2D eigenvalue weighted by Crippen LogP contribution is 2.37. The maximum absolute atomic E-state index is 6.16. The zero-order valence-electron chi connectivity index (χ0n) is 13.1. The number of thiophene rings is 1. The third-order valence-electron chi connectivity index (χ3n) is 4.25. The summed E-state index contributed by atoms with van der Waals surface area (Å²) >= 11 is 1.66. The van der Waals surface area contributed by atoms with Crippen molar-refractivity contribution in [2.45, 2.75) is 25.9 Å². The standard InChI is InChI=1S/C18H19N3OS/c1-12-2-4-13(5-3-12)15-10-23-17-16(15)20-11-21-18(17)22-14-6-8-19-9-7-14/h2-5,10-11,14,19H,6-9H2,1H3. The number of aryl methyl sites for hydroxylation is 1. The lowest BCUT2D eigenvalue weighted by Gasteiger charge is -2.23. The molecule has 0 aliphatic carbocycles. The predicted octanol–water partition coefficient (Wildman–Crippen LogP) is 3.80. The van der Waals surface area contributed by atoms with Gasteiger partial charge in [0.2, 0.25) is 5.88 Å². The van der Waals surface area contributed by atoms with Crippen LogP contribution < -0.4 is 10.1 Å². The van der Waals surface area contributed by atoms with E-state index < -0.39 is 0 Å². The molecule has 0 unspecified atom stereocenters. The van der Waals surface area contributed by atoms with Crippen molar-refractivity contribution in [1.29, 1.82) is 0 Å². The van der Waals surface area contributed by atoms with E-state index in [0.29, 0.717) is 0 Å². The highest BCUT2D eigenvalue weighted by molar-refractivity contribution is 7.18. The van der Waals surface area contributed by atoms with Gasteiger partial charge in [-0.3, -0.25) is 0 Å². The maximum atomic E-state index is 6.16. The molecular weight excluding hydrogens is 306 g/mol. The van der Waals surface area contributed by atoms with E-state index in [2.05, 4.69) is 51.9 Å². The molecule has 0 bridgehead atoms. The summed E-state index contributed by atoms with van der Waals surface area (Å²) in [4.78, 5) is 8.88. The lowest BCUT2D eigenvalue weighted by Crippen LogP contribution is -2.34. The molecule has 1 N–H and O–H groups in total. The molecule has 1 aromatic carbocycles. The third kappa shape index (κ3) is 2.94. The molecular formula is C18H19N3OS. The van der Waals surface area contributed by atoms with E-state index in [-0.39, 0.29) is 6.10 Å². The minimum Gasteiger partial charge on any atom is -0.473 e. The van der Waals surface area contributed by atoms with Crippen LogP contribution in [0.2, 0.25) is 0 Å². The van der Waals surface area contributed by atoms with Gasteiger partial charge in [-0.05, 0) is 38.4 Å². The molecule has 0 saturated carbocycles. The zero-order valence-corrected chi connectivity index (χ0v) is 13.9. The fourth-order valence-corrected chi connectivity index (χ4v) is 3.88. The van der Waals surface area contributed by atoms with Crippen molar-refractivity contribution in [3.8, 4) is 17.0 Å². The Morgan fingerprint density at radius 2 is 1.91 bits per heavy atom. The summed E-state index contributed by atoms with van der Waals surface area (Å²) in [5.74, 6) is 0.727. The first kappa shape index (κ1) is 14.6. The molecule has 4 rings (SSSR count). The highest BCUT2D eigenvalue weighted by Gasteiger charge is 2.18. The Labute approximate surface area is 139 Å². The molecule has 2 aromatic heterocycles. The summed E-state index contributed by atoms with van der Waals surface area (Å²) in [6.45, 7) is 4.12. The van der Waals surface area contributed by atoms with Crippen LogP contribution in [-0.4, -0.2) is 29.2 Å². The van der Waals surface area contributed by atoms with Gasteiger partial charge >= 0.3 is 0 Å². The van der Waals surface area contributed by atoms with Crippen molar-refractivity contribution in [2.75, 3.05) is 13.1 Å². The first-order valence-corrected chi connectivity index (χ1v) is 8.86. The summed E-state index contributed by atoms with van der Waals surface area (Å²) in [5, 5.41) is 5.51. The molecule has 1 saturated heterocycles. The summed E-state index contributed by atoms with van der Waals surface area (Å²) < 4.78 is 7.20. The topological polar surface area (TPSA) is 47.0 Å². The summed E-state index contributed by atoms with van der Waals surface area (Å²) in [6, 6.07) is 8.55. The first-order chi connectivity index (χ1) is 11.3. The number of hydrogen-bond acceptors (Lipinski definition) is 5. The predicted molar refractivity (Wildman–Crippen MR) is 94.1 cm³/mol. The van der Waals surface area contributed by atoms with E-state index in [0.717, 1.165) is 47.6 Å². The summed E-state index contributed by atoms with van der Waals surface area (Å²) in [6.07, 6.45) is 3.92. The van der Waals surface area contributed by atoms with Crippen LogP contribution in [-0.2, 0) is 0 Å². The van der Waals surface area contributed by atoms with E-state index in [1.54, 1.807) is 17.7 Å². The van der Waals surface area contributed by atoms with Crippen LogP contribution in [0.25, 0.3) is 21.3 Å². The number of rotatable bonds is 3. The van der Waals surface area contributed by atoms with E-state index in [1.165, 1.54) is 11.1 Å². The molecule has 0 radical (unpaired) electrons. The molecule has 0 atom stereocenters. The van der Waals surface area contributed by atoms with Crippen LogP contribution in [0.1, 0.15) is 18.4 Å². The molecule has 0 spiro atoms. The molecule has 23 heavy (non-hydrogen) atoms. The van der Waals surface area contributed by atoms with Crippen LogP contribution in [0, 0.1) is 6.92 Å². The SMILES string of the molecule is Cc1ccc(-c2csc3c(OC4CCNCC4)ncnc23)cc1. The van der Waals surface area contributed by atoms with E-state index in [1.807, 2.05) is 0 Å². The van der Waals surface area contributed by atoms with E-state index in [4.69, 9.17) is 4.74 Å². The molecule has 1 aliphatic heterocycles. The Morgan fingerprint density at radius 1 is 1.13 bits per heavy atom. The molecule has 5 heteroatoms. The van der Waals surface area contributed by atoms with Gasteiger partial charge in [0.1, 0.15) is 17.1 Å². The number of nitrogens with zero attached hydrogens (tertiary/aromatic N) is 2. The van der Waals surface area contributed by atoms with Crippen LogP contribution in [0.15, 0.2) is 36.0 Å². The average Bonchev–Trinajstić information content (AvgIpc) is 3.02. The van der Waals surface area contributed by atoms with Gasteiger partial charge in [-0.15, -0.1) is 11.3 Å². The smallest absolute Gasteiger partial charge is 0.235 e. The fraction of sp³-hybridized carbons (Fsp3) is 0.333. The van der Waals surface area contributed by atoms with E-state index in [9.17, 15) is 0 Å². The second kappa shape index (κ2) is 6.26. The number of benzene rings is 1. The molecule has 0 amide bonds. The number of hydrogen-bond donors (Lipinski definition) is 1. The van der Waals surface area contributed by atoms with Gasteiger partial charge in [-0.2, -0.15) is 0 Å². The molecule has 1 fully saturated rings. The second-order valence-corrected chi connectivity index (χ2v) is 6.82. The number of nitrogens with one attached hydrogen (secondary N) is 1. The Morgan fingerprint density at radius 3 is 2.70 bits per heavy atom. The van der Waals surface area contributed by atoms with Crippen molar-refractivity contribution >= 4 is 21.6 Å². The third-order valence-corrected chi connectivity index (χ3v) is 5.21. The fourth-order valence-electron chi connectivity index (χ4n) is 2.92. The summed E-state index contributed by atoms with van der Waals surface area (Å²) in [5.41, 5.74) is 4.59. The van der Waals surface area contributed by atoms with Gasteiger partial charge in [-0.25, -0.2) is 9.97 Å². The largest absolute Gasteiger partial charge is 0.473 e. The molecule has 3 aromatic rings. The number of aromatic nitrogens is 2. The van der Waals surface area contributed by atoms with Crippen LogP contribution in [0.4, 0.5) is 0 Å².